The smallest absolute Gasteiger partial charge is 0.230 e. The summed E-state index contributed by atoms with van der Waals surface area (Å²) in [4.78, 5) is 23.0. The van der Waals surface area contributed by atoms with Crippen LogP contribution in [0.2, 0.25) is 0 Å². The van der Waals surface area contributed by atoms with Crippen molar-refractivity contribution in [1.82, 2.24) is 9.97 Å². The zero-order valence-corrected chi connectivity index (χ0v) is 20.3. The van der Waals surface area contributed by atoms with E-state index in [9.17, 15) is 4.79 Å². The molecule has 1 aromatic heterocycles. The molecule has 0 aliphatic heterocycles. The molecule has 0 radical (unpaired) electrons. The minimum atomic E-state index is -0.122. The Hall–Kier alpha value is -4.77. The molecule has 0 unspecified atom stereocenters. The van der Waals surface area contributed by atoms with E-state index in [1.54, 1.807) is 0 Å². The maximum atomic E-state index is 13.1. The second kappa shape index (κ2) is 9.70. The van der Waals surface area contributed by atoms with Gasteiger partial charge < -0.3 is 11.1 Å². The number of aryl methyl sites for hydroxylation is 2. The van der Waals surface area contributed by atoms with E-state index in [0.717, 1.165) is 57.4 Å². The number of anilines is 2. The van der Waals surface area contributed by atoms with Gasteiger partial charge in [-0.1, -0.05) is 84.9 Å². The normalized spacial score (nSPS) is 12.3. The van der Waals surface area contributed by atoms with Crippen molar-refractivity contribution < 1.29 is 4.79 Å². The Morgan fingerprint density at radius 2 is 1.65 bits per heavy atom. The fraction of sp³-hybridized carbons (Fsp3) is 0.0938. The lowest BCUT2D eigenvalue weighted by Crippen LogP contribution is -2.19. The van der Waals surface area contributed by atoms with E-state index >= 15 is 0 Å². The summed E-state index contributed by atoms with van der Waals surface area (Å²) in [6, 6.07) is 30.2. The van der Waals surface area contributed by atoms with Gasteiger partial charge in [0.2, 0.25) is 5.91 Å². The molecular weight excluding hydrogens is 456 g/mol. The van der Waals surface area contributed by atoms with Crippen molar-refractivity contribution in [1.29, 1.82) is 0 Å². The molecule has 180 valence electrons. The average Bonchev–Trinajstić information content (AvgIpc) is 2.92. The molecule has 1 heterocycles. The van der Waals surface area contributed by atoms with Crippen LogP contribution >= 0.6 is 0 Å². The maximum absolute atomic E-state index is 13.1. The van der Waals surface area contributed by atoms with Crippen LogP contribution in [-0.2, 0) is 24.1 Å². The van der Waals surface area contributed by atoms with E-state index in [-0.39, 0.29) is 12.3 Å². The zero-order chi connectivity index (χ0) is 25.2. The third-order valence-corrected chi connectivity index (χ3v) is 6.68. The first kappa shape index (κ1) is 22.7. The fourth-order valence-corrected chi connectivity index (χ4v) is 4.84. The predicted octanol–water partition coefficient (Wildman–Crippen LogP) is 6.33. The maximum Gasteiger partial charge on any atom is 0.230 e. The van der Waals surface area contributed by atoms with Crippen LogP contribution in [0, 0.1) is 0 Å². The first-order valence-corrected chi connectivity index (χ1v) is 12.4. The largest absolute Gasteiger partial charge is 0.399 e. The molecule has 1 aliphatic rings. The number of amides is 1. The number of benzene rings is 4. The van der Waals surface area contributed by atoms with Crippen LogP contribution in [0.25, 0.3) is 34.2 Å². The quantitative estimate of drug-likeness (QED) is 0.287. The minimum Gasteiger partial charge on any atom is -0.399 e. The van der Waals surface area contributed by atoms with E-state index in [1.165, 1.54) is 5.56 Å². The van der Waals surface area contributed by atoms with E-state index in [4.69, 9.17) is 15.7 Å². The van der Waals surface area contributed by atoms with Crippen LogP contribution < -0.4 is 11.1 Å². The summed E-state index contributed by atoms with van der Waals surface area (Å²) < 4.78 is 0. The molecule has 0 saturated carbocycles. The molecule has 0 spiro atoms. The number of nitrogen functional groups attached to an aromatic ring is 1. The Bertz CT molecular complexity index is 1660. The molecule has 5 aromatic rings. The van der Waals surface area contributed by atoms with Gasteiger partial charge in [-0.05, 0) is 58.5 Å². The van der Waals surface area contributed by atoms with E-state index in [1.807, 2.05) is 78.9 Å². The van der Waals surface area contributed by atoms with Gasteiger partial charge in [0, 0.05) is 11.3 Å². The molecule has 1 aliphatic carbocycles. The number of nitrogens with two attached hydrogens (primary N) is 1. The van der Waals surface area contributed by atoms with Crippen molar-refractivity contribution >= 4 is 40.3 Å². The number of carbonyl (C=O) groups is 1. The summed E-state index contributed by atoms with van der Waals surface area (Å²) in [7, 11) is 0. The molecule has 6 rings (SSSR count). The number of carbonyl (C=O) groups excluding carboxylic acids is 1. The molecule has 0 atom stereocenters. The Kier molecular flexibility index (Phi) is 5.95. The van der Waals surface area contributed by atoms with Crippen molar-refractivity contribution in [3.8, 4) is 11.3 Å². The summed E-state index contributed by atoms with van der Waals surface area (Å²) >= 11 is 0. The number of nitrogens with one attached hydrogen (secondary N) is 1. The van der Waals surface area contributed by atoms with Crippen LogP contribution in [0.5, 0.6) is 0 Å². The van der Waals surface area contributed by atoms with Crippen molar-refractivity contribution in [2.24, 2.45) is 0 Å². The first-order valence-electron chi connectivity index (χ1n) is 12.4. The van der Waals surface area contributed by atoms with E-state index in [0.29, 0.717) is 11.5 Å². The molecule has 1 amide bonds. The highest BCUT2D eigenvalue weighted by atomic mass is 16.1. The molecule has 4 aromatic carbocycles. The molecule has 5 heteroatoms. The summed E-state index contributed by atoms with van der Waals surface area (Å²) in [5.41, 5.74) is 13.3. The lowest BCUT2D eigenvalue weighted by Gasteiger charge is -2.20. The lowest BCUT2D eigenvalue weighted by atomic mass is 9.91. The molecule has 5 nitrogen and oxygen atoms in total. The molecule has 37 heavy (non-hydrogen) atoms. The second-order valence-corrected chi connectivity index (χ2v) is 9.32. The van der Waals surface area contributed by atoms with E-state index < -0.39 is 0 Å². The van der Waals surface area contributed by atoms with Crippen molar-refractivity contribution in [3.63, 3.8) is 0 Å². The molecule has 0 bridgehead atoms. The van der Waals surface area contributed by atoms with Crippen LogP contribution in [-0.4, -0.2) is 15.9 Å². The van der Waals surface area contributed by atoms with Gasteiger partial charge in [0.1, 0.15) is 5.69 Å². The van der Waals surface area contributed by atoms with Gasteiger partial charge in [-0.2, -0.15) is 0 Å². The number of hydrogen-bond donors (Lipinski definition) is 2. The highest BCUT2D eigenvalue weighted by Crippen LogP contribution is 2.34. The lowest BCUT2D eigenvalue weighted by molar-refractivity contribution is -0.115. The third kappa shape index (κ3) is 4.84. The molecule has 0 saturated heterocycles. The van der Waals surface area contributed by atoms with Crippen molar-refractivity contribution in [2.75, 3.05) is 11.1 Å². The van der Waals surface area contributed by atoms with Gasteiger partial charge in [0.15, 0.2) is 5.82 Å². The van der Waals surface area contributed by atoms with Gasteiger partial charge in [-0.15, -0.1) is 0 Å². The van der Waals surface area contributed by atoms with Crippen LogP contribution in [0.1, 0.15) is 28.1 Å². The number of fused-ring (bicyclic) bond motifs is 4. The summed E-state index contributed by atoms with van der Waals surface area (Å²) in [5, 5.41) is 5.32. The topological polar surface area (TPSA) is 80.9 Å². The third-order valence-electron chi connectivity index (χ3n) is 6.68. The molecule has 0 fully saturated rings. The van der Waals surface area contributed by atoms with Gasteiger partial charge in [-0.25, -0.2) is 9.97 Å². The minimum absolute atomic E-state index is 0.122. The number of rotatable bonds is 5. The highest BCUT2D eigenvalue weighted by Gasteiger charge is 2.22. The van der Waals surface area contributed by atoms with Crippen LogP contribution in [0.15, 0.2) is 91.0 Å². The predicted molar refractivity (Wildman–Crippen MR) is 151 cm³/mol. The van der Waals surface area contributed by atoms with Crippen LogP contribution in [0.3, 0.4) is 0 Å². The van der Waals surface area contributed by atoms with E-state index in [2.05, 4.69) is 29.6 Å². The summed E-state index contributed by atoms with van der Waals surface area (Å²) in [6.07, 6.45) is 5.75. The van der Waals surface area contributed by atoms with Gasteiger partial charge in [0.05, 0.1) is 17.8 Å². The Morgan fingerprint density at radius 1 is 0.838 bits per heavy atom. The highest BCUT2D eigenvalue weighted by molar-refractivity contribution is 5.94. The SMILES string of the molecule is Nc1ccc2c(c1)CCc1nc(NC(=O)Cc3ccc4ccccc4c3)c(/C=C/c3ccccc3)nc1-2. The average molecular weight is 483 g/mol. The fourth-order valence-electron chi connectivity index (χ4n) is 4.84. The second-order valence-electron chi connectivity index (χ2n) is 9.32. The number of nitrogens with zero attached hydrogens (tertiary/aromatic N) is 2. The van der Waals surface area contributed by atoms with Crippen LogP contribution in [0.4, 0.5) is 11.5 Å². The van der Waals surface area contributed by atoms with Crippen molar-refractivity contribution in [2.45, 2.75) is 19.3 Å². The van der Waals surface area contributed by atoms with Gasteiger partial charge in [0.25, 0.3) is 0 Å². The zero-order valence-electron chi connectivity index (χ0n) is 20.3. The van der Waals surface area contributed by atoms with Gasteiger partial charge in [-0.3, -0.25) is 4.79 Å². The Labute approximate surface area is 215 Å². The van der Waals surface area contributed by atoms with Gasteiger partial charge >= 0.3 is 0 Å². The number of hydrogen-bond acceptors (Lipinski definition) is 4. The molecular formula is C32H26N4O. The molecule has 3 N–H and O–H groups in total. The monoisotopic (exact) mass is 482 g/mol. The summed E-state index contributed by atoms with van der Waals surface area (Å²) in [6.45, 7) is 0. The first-order chi connectivity index (χ1) is 18.1. The Balaban J connectivity index is 1.34. The standard InChI is InChI=1S/C32H26N4O/c33-26-14-15-27-25(20-26)13-17-28-31(27)34-29(16-11-21-6-2-1-3-7-21)32(35-28)36-30(37)19-22-10-12-23-8-4-5-9-24(23)18-22/h1-12,14-16,18,20H,13,17,19,33H2,(H,35,36,37)/b16-11+. The number of aromatic nitrogens is 2. The van der Waals surface area contributed by atoms with Crippen molar-refractivity contribution in [3.05, 3.63) is 119 Å². The summed E-state index contributed by atoms with van der Waals surface area (Å²) in [5.74, 6) is 0.360. The Morgan fingerprint density at radius 3 is 2.51 bits per heavy atom.